The summed E-state index contributed by atoms with van der Waals surface area (Å²) in [6.07, 6.45) is 0. The molecule has 0 saturated heterocycles. The number of ether oxygens (including phenoxy) is 1. The fraction of sp³-hybridized carbons (Fsp3) is 0.538. The molecule has 1 aromatic rings. The van der Waals surface area contributed by atoms with Gasteiger partial charge in [-0.15, -0.1) is 0 Å². The van der Waals surface area contributed by atoms with E-state index in [0.717, 1.165) is 0 Å². The number of hydrogen-bond acceptors (Lipinski definition) is 5. The zero-order chi connectivity index (χ0) is 14.4. The third-order valence-electron chi connectivity index (χ3n) is 2.56. The number of carbonyl (C=O) groups is 2. The Morgan fingerprint density at radius 2 is 2.11 bits per heavy atom. The molecule has 0 spiro atoms. The molecule has 106 valence electrons. The maximum Gasteiger partial charge on any atom is 0.325 e. The summed E-state index contributed by atoms with van der Waals surface area (Å²) in [5, 5.41) is 0. The van der Waals surface area contributed by atoms with Crippen LogP contribution in [0.2, 0.25) is 0 Å². The van der Waals surface area contributed by atoms with Gasteiger partial charge in [0.2, 0.25) is 0 Å². The summed E-state index contributed by atoms with van der Waals surface area (Å²) in [5.41, 5.74) is 5.43. The number of rotatable bonds is 6. The van der Waals surface area contributed by atoms with Crippen molar-refractivity contribution in [3.8, 4) is 0 Å². The zero-order valence-electron chi connectivity index (χ0n) is 11.5. The van der Waals surface area contributed by atoms with Crippen LogP contribution in [0.3, 0.4) is 0 Å². The Hall–Kier alpha value is -1.82. The summed E-state index contributed by atoms with van der Waals surface area (Å²) in [7, 11) is 0. The molecular weight excluding hydrogens is 248 g/mol. The summed E-state index contributed by atoms with van der Waals surface area (Å²) < 4.78 is 10.2. The lowest BCUT2D eigenvalue weighted by Gasteiger charge is -2.24. The first-order chi connectivity index (χ1) is 8.99. The van der Waals surface area contributed by atoms with Gasteiger partial charge in [-0.3, -0.25) is 9.59 Å². The monoisotopic (exact) mass is 268 g/mol. The first-order valence-corrected chi connectivity index (χ1v) is 6.25. The van der Waals surface area contributed by atoms with E-state index in [2.05, 4.69) is 0 Å². The molecule has 1 heterocycles. The fourth-order valence-corrected chi connectivity index (χ4v) is 1.58. The van der Waals surface area contributed by atoms with E-state index in [-0.39, 0.29) is 37.4 Å². The number of hydrogen-bond donors (Lipinski definition) is 1. The first-order valence-electron chi connectivity index (χ1n) is 6.25. The molecule has 0 aliphatic carbocycles. The average molecular weight is 268 g/mol. The number of amides is 1. The van der Waals surface area contributed by atoms with Crippen molar-refractivity contribution < 1.29 is 18.7 Å². The average Bonchev–Trinajstić information content (AvgIpc) is 2.84. The second kappa shape index (κ2) is 6.94. The van der Waals surface area contributed by atoms with Crippen LogP contribution in [0.1, 0.15) is 37.1 Å². The highest BCUT2D eigenvalue weighted by atomic mass is 16.5. The highest BCUT2D eigenvalue weighted by Crippen LogP contribution is 2.12. The van der Waals surface area contributed by atoms with Gasteiger partial charge in [-0.25, -0.2) is 0 Å². The zero-order valence-corrected chi connectivity index (χ0v) is 11.5. The van der Waals surface area contributed by atoms with Gasteiger partial charge in [-0.05, 0) is 32.9 Å². The standard InChI is InChI=1S/C13H20N2O4/c1-4-18-12(16)8-15(9(2)3)13(17)11-6-5-10(7-14)19-11/h5-6,9H,4,7-8,14H2,1-3H3. The quantitative estimate of drug-likeness (QED) is 0.782. The Bertz CT molecular complexity index is 440. The summed E-state index contributed by atoms with van der Waals surface area (Å²) in [4.78, 5) is 25.1. The molecule has 1 rings (SSSR count). The van der Waals surface area contributed by atoms with E-state index in [4.69, 9.17) is 14.9 Å². The number of furan rings is 1. The Morgan fingerprint density at radius 1 is 1.42 bits per heavy atom. The van der Waals surface area contributed by atoms with Crippen molar-refractivity contribution in [1.29, 1.82) is 0 Å². The molecule has 6 nitrogen and oxygen atoms in total. The normalized spacial score (nSPS) is 10.6. The molecule has 1 amide bonds. The number of esters is 1. The Labute approximate surface area is 112 Å². The topological polar surface area (TPSA) is 85.8 Å². The molecule has 1 aromatic heterocycles. The van der Waals surface area contributed by atoms with Crippen molar-refractivity contribution in [3.05, 3.63) is 23.7 Å². The van der Waals surface area contributed by atoms with E-state index in [1.807, 2.05) is 13.8 Å². The molecule has 0 unspecified atom stereocenters. The van der Waals surface area contributed by atoms with Crippen molar-refractivity contribution in [2.45, 2.75) is 33.4 Å². The first kappa shape index (κ1) is 15.2. The van der Waals surface area contributed by atoms with E-state index in [1.54, 1.807) is 19.1 Å². The Balaban J connectivity index is 2.80. The van der Waals surface area contributed by atoms with Crippen LogP contribution in [-0.2, 0) is 16.1 Å². The van der Waals surface area contributed by atoms with E-state index in [1.165, 1.54) is 4.90 Å². The van der Waals surface area contributed by atoms with Gasteiger partial charge in [-0.2, -0.15) is 0 Å². The minimum atomic E-state index is -0.435. The molecule has 0 aliphatic heterocycles. The maximum atomic E-state index is 12.2. The van der Waals surface area contributed by atoms with E-state index < -0.39 is 5.97 Å². The van der Waals surface area contributed by atoms with Crippen LogP contribution < -0.4 is 5.73 Å². The summed E-state index contributed by atoms with van der Waals surface area (Å²) >= 11 is 0. The van der Waals surface area contributed by atoms with Crippen molar-refractivity contribution in [2.75, 3.05) is 13.2 Å². The summed E-state index contributed by atoms with van der Waals surface area (Å²) in [6.45, 7) is 5.79. The minimum absolute atomic E-state index is 0.0942. The molecular formula is C13H20N2O4. The van der Waals surface area contributed by atoms with Crippen molar-refractivity contribution in [2.24, 2.45) is 5.73 Å². The van der Waals surface area contributed by atoms with E-state index in [0.29, 0.717) is 5.76 Å². The third kappa shape index (κ3) is 4.10. The minimum Gasteiger partial charge on any atom is -0.465 e. The smallest absolute Gasteiger partial charge is 0.325 e. The maximum absolute atomic E-state index is 12.2. The van der Waals surface area contributed by atoms with Crippen LogP contribution in [0.25, 0.3) is 0 Å². The fourth-order valence-electron chi connectivity index (χ4n) is 1.58. The highest BCUT2D eigenvalue weighted by Gasteiger charge is 2.24. The van der Waals surface area contributed by atoms with Crippen LogP contribution in [0.4, 0.5) is 0 Å². The molecule has 19 heavy (non-hydrogen) atoms. The van der Waals surface area contributed by atoms with Gasteiger partial charge in [0.25, 0.3) is 5.91 Å². The highest BCUT2D eigenvalue weighted by molar-refractivity contribution is 5.93. The lowest BCUT2D eigenvalue weighted by molar-refractivity contribution is -0.144. The molecule has 0 aromatic carbocycles. The molecule has 2 N–H and O–H groups in total. The van der Waals surface area contributed by atoms with Gasteiger partial charge in [0.1, 0.15) is 12.3 Å². The van der Waals surface area contributed by atoms with Gasteiger partial charge in [0, 0.05) is 6.04 Å². The molecule has 0 saturated carbocycles. The van der Waals surface area contributed by atoms with Crippen LogP contribution in [-0.4, -0.2) is 36.0 Å². The van der Waals surface area contributed by atoms with Crippen molar-refractivity contribution >= 4 is 11.9 Å². The molecule has 0 bridgehead atoms. The second-order valence-electron chi connectivity index (χ2n) is 4.30. The van der Waals surface area contributed by atoms with Crippen LogP contribution in [0.15, 0.2) is 16.5 Å². The predicted molar refractivity (Wildman–Crippen MR) is 69.4 cm³/mol. The molecule has 0 atom stereocenters. The van der Waals surface area contributed by atoms with Crippen molar-refractivity contribution in [1.82, 2.24) is 4.90 Å². The number of nitrogens with two attached hydrogens (primary N) is 1. The Kier molecular flexibility index (Phi) is 5.57. The van der Waals surface area contributed by atoms with Crippen molar-refractivity contribution in [3.63, 3.8) is 0 Å². The molecule has 0 radical (unpaired) electrons. The second-order valence-corrected chi connectivity index (χ2v) is 4.30. The molecule has 0 fully saturated rings. The van der Waals surface area contributed by atoms with E-state index >= 15 is 0 Å². The predicted octanol–water partition coefficient (Wildman–Crippen LogP) is 1.15. The summed E-state index contributed by atoms with van der Waals surface area (Å²) in [6, 6.07) is 3.07. The van der Waals surface area contributed by atoms with Gasteiger partial charge < -0.3 is 19.8 Å². The van der Waals surface area contributed by atoms with Gasteiger partial charge in [0.15, 0.2) is 5.76 Å². The van der Waals surface area contributed by atoms with Gasteiger partial charge in [-0.1, -0.05) is 0 Å². The van der Waals surface area contributed by atoms with Gasteiger partial charge >= 0.3 is 5.97 Å². The lowest BCUT2D eigenvalue weighted by Crippen LogP contribution is -2.41. The molecule has 0 aliphatic rings. The Morgan fingerprint density at radius 3 is 2.58 bits per heavy atom. The third-order valence-corrected chi connectivity index (χ3v) is 2.56. The lowest BCUT2D eigenvalue weighted by atomic mass is 10.2. The summed E-state index contributed by atoms with van der Waals surface area (Å²) in [5.74, 6) is -0.0699. The van der Waals surface area contributed by atoms with Crippen LogP contribution in [0, 0.1) is 0 Å². The van der Waals surface area contributed by atoms with E-state index in [9.17, 15) is 9.59 Å². The largest absolute Gasteiger partial charge is 0.465 e. The van der Waals surface area contributed by atoms with Crippen LogP contribution in [0.5, 0.6) is 0 Å². The van der Waals surface area contributed by atoms with Gasteiger partial charge in [0.05, 0.1) is 13.2 Å². The van der Waals surface area contributed by atoms with Crippen LogP contribution >= 0.6 is 0 Å². The number of carbonyl (C=O) groups excluding carboxylic acids is 2. The molecule has 6 heteroatoms. The SMILES string of the molecule is CCOC(=O)CN(C(=O)c1ccc(CN)o1)C(C)C. The number of nitrogens with zero attached hydrogens (tertiary/aromatic N) is 1.